The summed E-state index contributed by atoms with van der Waals surface area (Å²) in [5.41, 5.74) is 0.932. The smallest absolute Gasteiger partial charge is 0.228 e. The van der Waals surface area contributed by atoms with Crippen LogP contribution in [0.4, 0.5) is 5.69 Å². The minimum absolute atomic E-state index is 0.143. The van der Waals surface area contributed by atoms with Gasteiger partial charge in [0.1, 0.15) is 5.75 Å². The molecule has 1 atom stereocenters. The van der Waals surface area contributed by atoms with Crippen LogP contribution in [0.25, 0.3) is 0 Å². The molecule has 146 valence electrons. The normalized spacial score (nSPS) is 25.1. The topological polar surface area (TPSA) is 53.1 Å². The molecule has 0 spiro atoms. The van der Waals surface area contributed by atoms with Gasteiger partial charge in [-0.05, 0) is 38.8 Å². The highest BCUT2D eigenvalue weighted by Crippen LogP contribution is 2.35. The highest BCUT2D eigenvalue weighted by molar-refractivity contribution is 5.89. The third-order valence-electron chi connectivity index (χ3n) is 6.07. The third-order valence-corrected chi connectivity index (χ3v) is 6.07. The number of ether oxygens (including phenoxy) is 1. The molecule has 3 aliphatic rings. The van der Waals surface area contributed by atoms with Crippen LogP contribution in [0.15, 0.2) is 24.3 Å². The Bertz CT molecular complexity index is 744. The number of piperazine rings is 1. The first-order chi connectivity index (χ1) is 12.9. The summed E-state index contributed by atoms with van der Waals surface area (Å²) < 4.78 is 5.36. The van der Waals surface area contributed by atoms with Crippen LogP contribution in [0.5, 0.6) is 5.75 Å². The molecule has 3 fully saturated rings. The van der Waals surface area contributed by atoms with Gasteiger partial charge in [-0.3, -0.25) is 9.59 Å². The van der Waals surface area contributed by atoms with Crippen LogP contribution in [0, 0.1) is 5.92 Å². The fourth-order valence-electron chi connectivity index (χ4n) is 4.49. The number of nitrogens with zero attached hydrogens (tertiary/aromatic N) is 3. The van der Waals surface area contributed by atoms with E-state index in [0.717, 1.165) is 30.8 Å². The van der Waals surface area contributed by atoms with Crippen molar-refractivity contribution in [3.63, 3.8) is 0 Å². The van der Waals surface area contributed by atoms with E-state index in [1.165, 1.54) is 0 Å². The van der Waals surface area contributed by atoms with Gasteiger partial charge in [0.05, 0.1) is 18.6 Å². The molecule has 1 aliphatic carbocycles. The van der Waals surface area contributed by atoms with Gasteiger partial charge < -0.3 is 19.4 Å². The largest absolute Gasteiger partial charge is 0.497 e. The molecule has 0 bridgehead atoms. The SMILES string of the molecule is COc1cccc(N2CCN(C(=O)[C@H]3CC(=O)N(C4CC4)C3)CC2(C)C)c1. The van der Waals surface area contributed by atoms with E-state index in [1.54, 1.807) is 7.11 Å². The maximum Gasteiger partial charge on any atom is 0.228 e. The van der Waals surface area contributed by atoms with Crippen LogP contribution < -0.4 is 9.64 Å². The quantitative estimate of drug-likeness (QED) is 0.814. The Labute approximate surface area is 161 Å². The zero-order chi connectivity index (χ0) is 19.2. The molecule has 27 heavy (non-hydrogen) atoms. The van der Waals surface area contributed by atoms with E-state index >= 15 is 0 Å². The second kappa shape index (κ2) is 6.73. The van der Waals surface area contributed by atoms with Crippen molar-refractivity contribution in [3.8, 4) is 5.75 Å². The monoisotopic (exact) mass is 371 g/mol. The van der Waals surface area contributed by atoms with Crippen LogP contribution in [0.2, 0.25) is 0 Å². The number of carbonyl (C=O) groups excluding carboxylic acids is 2. The number of carbonyl (C=O) groups is 2. The average molecular weight is 371 g/mol. The summed E-state index contributed by atoms with van der Waals surface area (Å²) in [5.74, 6) is 0.971. The lowest BCUT2D eigenvalue weighted by molar-refractivity contribution is -0.137. The molecule has 0 N–H and O–H groups in total. The molecule has 1 saturated carbocycles. The number of hydrogen-bond donors (Lipinski definition) is 0. The van der Waals surface area contributed by atoms with Gasteiger partial charge in [0.15, 0.2) is 0 Å². The highest BCUT2D eigenvalue weighted by atomic mass is 16.5. The number of amides is 2. The summed E-state index contributed by atoms with van der Waals surface area (Å²) in [7, 11) is 1.68. The molecule has 2 amide bonds. The van der Waals surface area contributed by atoms with Crippen LogP contribution in [-0.2, 0) is 9.59 Å². The fourth-order valence-corrected chi connectivity index (χ4v) is 4.49. The Kier molecular flexibility index (Phi) is 4.52. The van der Waals surface area contributed by atoms with Crippen molar-refractivity contribution < 1.29 is 14.3 Å². The summed E-state index contributed by atoms with van der Waals surface area (Å²) in [4.78, 5) is 31.5. The fraction of sp³-hybridized carbons (Fsp3) is 0.619. The summed E-state index contributed by atoms with van der Waals surface area (Å²) >= 11 is 0. The van der Waals surface area contributed by atoms with Gasteiger partial charge in [-0.1, -0.05) is 6.07 Å². The maximum atomic E-state index is 13.1. The van der Waals surface area contributed by atoms with Crippen LogP contribution in [0.3, 0.4) is 0 Å². The van der Waals surface area contributed by atoms with Crippen molar-refractivity contribution in [1.29, 1.82) is 0 Å². The van der Waals surface area contributed by atoms with Crippen LogP contribution in [0.1, 0.15) is 33.1 Å². The maximum absolute atomic E-state index is 13.1. The third kappa shape index (κ3) is 3.49. The van der Waals surface area contributed by atoms with Gasteiger partial charge in [-0.15, -0.1) is 0 Å². The van der Waals surface area contributed by atoms with E-state index in [-0.39, 0.29) is 23.3 Å². The van der Waals surface area contributed by atoms with Crippen molar-refractivity contribution >= 4 is 17.5 Å². The number of hydrogen-bond acceptors (Lipinski definition) is 4. The number of likely N-dealkylation sites (tertiary alicyclic amines) is 1. The van der Waals surface area contributed by atoms with Gasteiger partial charge in [0.2, 0.25) is 11.8 Å². The number of rotatable bonds is 4. The first kappa shape index (κ1) is 18.1. The van der Waals surface area contributed by atoms with Crippen LogP contribution in [-0.4, -0.2) is 66.5 Å². The second-order valence-electron chi connectivity index (χ2n) is 8.60. The molecule has 2 heterocycles. The average Bonchev–Trinajstić information content (AvgIpc) is 3.42. The molecule has 0 aromatic heterocycles. The first-order valence-corrected chi connectivity index (χ1v) is 9.89. The first-order valence-electron chi connectivity index (χ1n) is 9.89. The van der Waals surface area contributed by atoms with E-state index in [1.807, 2.05) is 28.0 Å². The molecule has 6 nitrogen and oxygen atoms in total. The molecule has 6 heteroatoms. The van der Waals surface area contributed by atoms with E-state index < -0.39 is 0 Å². The number of benzene rings is 1. The predicted molar refractivity (Wildman–Crippen MR) is 104 cm³/mol. The van der Waals surface area contributed by atoms with E-state index in [9.17, 15) is 9.59 Å². The predicted octanol–water partition coefficient (Wildman–Crippen LogP) is 2.13. The summed E-state index contributed by atoms with van der Waals surface area (Å²) in [5, 5.41) is 0. The zero-order valence-corrected chi connectivity index (χ0v) is 16.5. The lowest BCUT2D eigenvalue weighted by Gasteiger charge is -2.49. The molecule has 1 aromatic carbocycles. The van der Waals surface area contributed by atoms with Crippen molar-refractivity contribution in [2.45, 2.75) is 44.7 Å². The number of anilines is 1. The molecular weight excluding hydrogens is 342 g/mol. The molecule has 2 aliphatic heterocycles. The van der Waals surface area contributed by atoms with Crippen molar-refractivity contribution in [2.75, 3.05) is 38.2 Å². The van der Waals surface area contributed by atoms with Gasteiger partial charge in [0, 0.05) is 50.4 Å². The Balaban J connectivity index is 1.44. The molecular formula is C21H29N3O3. The molecule has 0 unspecified atom stereocenters. The summed E-state index contributed by atoms with van der Waals surface area (Å²) in [6.45, 7) is 7.08. The van der Waals surface area contributed by atoms with Gasteiger partial charge in [0.25, 0.3) is 0 Å². The van der Waals surface area contributed by atoms with Gasteiger partial charge in [-0.2, -0.15) is 0 Å². The zero-order valence-electron chi connectivity index (χ0n) is 16.5. The Morgan fingerprint density at radius 2 is 2.00 bits per heavy atom. The molecule has 2 saturated heterocycles. The lowest BCUT2D eigenvalue weighted by Crippen LogP contribution is -2.61. The van der Waals surface area contributed by atoms with Crippen molar-refractivity contribution in [3.05, 3.63) is 24.3 Å². The summed E-state index contributed by atoms with van der Waals surface area (Å²) in [6.07, 6.45) is 2.57. The minimum atomic E-state index is -0.181. The molecule has 1 aromatic rings. The van der Waals surface area contributed by atoms with Gasteiger partial charge >= 0.3 is 0 Å². The number of methoxy groups -OCH3 is 1. The Hall–Kier alpha value is -2.24. The van der Waals surface area contributed by atoms with Crippen LogP contribution >= 0.6 is 0 Å². The highest BCUT2D eigenvalue weighted by Gasteiger charge is 2.44. The van der Waals surface area contributed by atoms with E-state index in [2.05, 4.69) is 24.8 Å². The van der Waals surface area contributed by atoms with Crippen molar-refractivity contribution in [1.82, 2.24) is 9.80 Å². The second-order valence-corrected chi connectivity index (χ2v) is 8.60. The molecule has 4 rings (SSSR count). The minimum Gasteiger partial charge on any atom is -0.497 e. The lowest BCUT2D eigenvalue weighted by atomic mass is 9.96. The van der Waals surface area contributed by atoms with Gasteiger partial charge in [-0.25, -0.2) is 0 Å². The van der Waals surface area contributed by atoms with E-state index in [0.29, 0.717) is 32.1 Å². The van der Waals surface area contributed by atoms with E-state index in [4.69, 9.17) is 4.74 Å². The standard InChI is InChI=1S/C21H29N3O3/c1-21(2)14-22(9-10-24(21)17-5-4-6-18(12-17)27-3)20(26)15-11-19(25)23(13-15)16-7-8-16/h4-6,12,15-16H,7-11,13-14H2,1-3H3/t15-/m0/s1. The Morgan fingerprint density at radius 1 is 1.22 bits per heavy atom. The van der Waals surface area contributed by atoms with Crippen molar-refractivity contribution in [2.24, 2.45) is 5.92 Å². The Morgan fingerprint density at radius 3 is 2.67 bits per heavy atom. The summed E-state index contributed by atoms with van der Waals surface area (Å²) in [6, 6.07) is 8.47. The molecule has 0 radical (unpaired) electrons.